The molecule has 5 nitrogen and oxygen atoms in total. The molecule has 0 spiro atoms. The first-order valence-corrected chi connectivity index (χ1v) is 7.08. The van der Waals surface area contributed by atoms with Crippen LogP contribution in [0, 0.1) is 5.92 Å². The lowest BCUT2D eigenvalue weighted by Gasteiger charge is -2.18. The molecule has 8 heteroatoms. The van der Waals surface area contributed by atoms with Crippen molar-refractivity contribution in [2.24, 2.45) is 5.92 Å². The molecule has 15 heavy (non-hydrogen) atoms. The first-order valence-electron chi connectivity index (χ1n) is 4.49. The molecule has 1 rings (SSSR count). The highest BCUT2D eigenvalue weighted by molar-refractivity contribution is 8.07. The van der Waals surface area contributed by atoms with Gasteiger partial charge in [-0.05, 0) is 11.8 Å². The second-order valence-electron chi connectivity index (χ2n) is 3.44. The normalized spacial score (nSPS) is 40.3. The summed E-state index contributed by atoms with van der Waals surface area (Å²) in [5.41, 5.74) is 0. The maximum atomic E-state index is 9.67. The van der Waals surface area contributed by atoms with Crippen molar-refractivity contribution in [2.75, 3.05) is 13.7 Å². The van der Waals surface area contributed by atoms with Crippen molar-refractivity contribution in [3.63, 3.8) is 0 Å². The van der Waals surface area contributed by atoms with Crippen LogP contribution in [0.25, 0.3) is 0 Å². The minimum absolute atomic E-state index is 0.0270. The topological polar surface area (TPSA) is 68.2 Å². The van der Waals surface area contributed by atoms with Gasteiger partial charge in [0, 0.05) is 19.0 Å². The zero-order valence-electron chi connectivity index (χ0n) is 8.57. The van der Waals surface area contributed by atoms with E-state index < -0.39 is 24.9 Å². The van der Waals surface area contributed by atoms with Crippen molar-refractivity contribution < 1.29 is 23.8 Å². The molecule has 0 aliphatic carbocycles. The molecule has 0 aromatic carbocycles. The number of aliphatic hydroxyl groups excluding tert-OH is 1. The Hall–Kier alpha value is 0.515. The van der Waals surface area contributed by atoms with Crippen LogP contribution in [0.15, 0.2) is 0 Å². The van der Waals surface area contributed by atoms with Crippen molar-refractivity contribution in [3.8, 4) is 0 Å². The summed E-state index contributed by atoms with van der Waals surface area (Å²) in [6.07, 6.45) is -1.29. The van der Waals surface area contributed by atoms with Crippen LogP contribution in [0.3, 0.4) is 0 Å². The van der Waals surface area contributed by atoms with Gasteiger partial charge in [-0.1, -0.05) is 6.92 Å². The molecule has 0 aromatic heterocycles. The number of aliphatic hydroxyl groups is 1. The predicted molar refractivity (Wildman–Crippen MR) is 59.1 cm³/mol. The molecule has 0 saturated carbocycles. The van der Waals surface area contributed by atoms with Gasteiger partial charge < -0.3 is 23.8 Å². The molecule has 1 fully saturated rings. The summed E-state index contributed by atoms with van der Waals surface area (Å²) in [5, 5.41) is 9.67. The molecule has 1 saturated heterocycles. The molecule has 5 atom stereocenters. The van der Waals surface area contributed by atoms with E-state index in [9.17, 15) is 10.00 Å². The van der Waals surface area contributed by atoms with Crippen molar-refractivity contribution in [2.45, 2.75) is 25.1 Å². The molecule has 1 unspecified atom stereocenters. The number of hydrogen-bond acceptors (Lipinski definition) is 5. The maximum absolute atomic E-state index is 9.67. The SMILES string of the molecule is [B][C@@H]1O[C@H](COP(O)(=S)OC)[C@@H](O)[C@H]1C. The highest BCUT2D eigenvalue weighted by atomic mass is 32.5. The van der Waals surface area contributed by atoms with Gasteiger partial charge in [0.2, 0.25) is 0 Å². The third-order valence-electron chi connectivity index (χ3n) is 2.40. The van der Waals surface area contributed by atoms with Crippen LogP contribution in [-0.2, 0) is 25.6 Å². The van der Waals surface area contributed by atoms with Crippen LogP contribution in [0.1, 0.15) is 6.92 Å². The van der Waals surface area contributed by atoms with Crippen LogP contribution in [0.5, 0.6) is 0 Å². The first-order chi connectivity index (χ1) is 6.87. The average Bonchev–Trinajstić information content (AvgIpc) is 2.43. The largest absolute Gasteiger partial charge is 0.390 e. The Bertz CT molecular complexity index is 266. The van der Waals surface area contributed by atoms with Crippen molar-refractivity contribution >= 4 is 26.4 Å². The molecule has 86 valence electrons. The van der Waals surface area contributed by atoms with Gasteiger partial charge in [-0.25, -0.2) is 0 Å². The van der Waals surface area contributed by atoms with E-state index in [4.69, 9.17) is 17.1 Å². The van der Waals surface area contributed by atoms with E-state index in [0.29, 0.717) is 0 Å². The minimum Gasteiger partial charge on any atom is -0.390 e. The number of rotatable bonds is 4. The van der Waals surface area contributed by atoms with Crippen LogP contribution in [-0.4, -0.2) is 49.8 Å². The van der Waals surface area contributed by atoms with E-state index in [0.717, 1.165) is 0 Å². The average molecular weight is 252 g/mol. The lowest BCUT2D eigenvalue weighted by molar-refractivity contribution is -0.00199. The van der Waals surface area contributed by atoms with Crippen LogP contribution in [0.2, 0.25) is 0 Å². The van der Waals surface area contributed by atoms with Crippen molar-refractivity contribution in [1.29, 1.82) is 0 Å². The summed E-state index contributed by atoms with van der Waals surface area (Å²) in [7, 11) is 6.85. The van der Waals surface area contributed by atoms with E-state index in [2.05, 4.69) is 16.3 Å². The Labute approximate surface area is 95.4 Å². The minimum atomic E-state index is -3.19. The van der Waals surface area contributed by atoms with Gasteiger partial charge in [0.25, 0.3) is 0 Å². The maximum Gasteiger partial charge on any atom is 0.324 e. The highest BCUT2D eigenvalue weighted by Crippen LogP contribution is 2.43. The second-order valence-corrected chi connectivity index (χ2v) is 6.38. The highest BCUT2D eigenvalue weighted by Gasteiger charge is 2.38. The zero-order valence-corrected chi connectivity index (χ0v) is 10.3. The Morgan fingerprint density at radius 1 is 1.60 bits per heavy atom. The fraction of sp³-hybridized carbons (Fsp3) is 1.00. The summed E-state index contributed by atoms with van der Waals surface area (Å²) in [6.45, 7) is -1.44. The summed E-state index contributed by atoms with van der Waals surface area (Å²) >= 11 is 4.63. The van der Waals surface area contributed by atoms with E-state index in [1.807, 2.05) is 0 Å². The van der Waals surface area contributed by atoms with Crippen LogP contribution >= 0.6 is 6.72 Å². The molecule has 0 bridgehead atoms. The Balaban J connectivity index is 2.44. The molecule has 1 heterocycles. The molecule has 0 amide bonds. The fourth-order valence-electron chi connectivity index (χ4n) is 1.30. The standard InChI is InChI=1S/C7H14BO5PS/c1-4-6(9)5(13-7(4)8)3-12-14(10,15)11-2/h4-7,9H,3H2,1-2H3,(H,10,15)/t4-,5-,6+,7-,14?/m1/s1. The van der Waals surface area contributed by atoms with Crippen molar-refractivity contribution in [3.05, 3.63) is 0 Å². The summed E-state index contributed by atoms with van der Waals surface area (Å²) in [4.78, 5) is 9.31. The molecule has 2 N–H and O–H groups in total. The lowest BCUT2D eigenvalue weighted by atomic mass is 9.86. The van der Waals surface area contributed by atoms with Gasteiger partial charge in [-0.2, -0.15) is 0 Å². The van der Waals surface area contributed by atoms with Gasteiger partial charge in [-0.3, -0.25) is 0 Å². The molecular formula is C7H14BO5PS. The van der Waals surface area contributed by atoms with E-state index in [-0.39, 0.29) is 12.5 Å². The number of ether oxygens (including phenoxy) is 1. The molecule has 2 radical (unpaired) electrons. The number of hydrogen-bond donors (Lipinski definition) is 2. The first kappa shape index (κ1) is 13.6. The van der Waals surface area contributed by atoms with E-state index in [1.165, 1.54) is 7.11 Å². The monoisotopic (exact) mass is 252 g/mol. The fourth-order valence-corrected chi connectivity index (χ4v) is 1.92. The van der Waals surface area contributed by atoms with Gasteiger partial charge in [0.1, 0.15) is 14.0 Å². The second kappa shape index (κ2) is 5.23. The van der Waals surface area contributed by atoms with Crippen molar-refractivity contribution in [1.82, 2.24) is 0 Å². The summed E-state index contributed by atoms with van der Waals surface area (Å²) in [6, 6.07) is -0.521. The summed E-state index contributed by atoms with van der Waals surface area (Å²) in [5.74, 6) is -0.169. The zero-order chi connectivity index (χ0) is 11.6. The predicted octanol–water partition coefficient (Wildman–Crippen LogP) is -0.243. The van der Waals surface area contributed by atoms with Gasteiger partial charge in [0.15, 0.2) is 0 Å². The molecule has 1 aliphatic heterocycles. The molecule has 1 aliphatic rings. The molecule has 0 aromatic rings. The Morgan fingerprint density at radius 3 is 2.60 bits per heavy atom. The van der Waals surface area contributed by atoms with E-state index in [1.54, 1.807) is 6.92 Å². The van der Waals surface area contributed by atoms with Gasteiger partial charge in [0.05, 0.1) is 12.7 Å². The van der Waals surface area contributed by atoms with Crippen LogP contribution in [0.4, 0.5) is 0 Å². The third kappa shape index (κ3) is 3.49. The lowest BCUT2D eigenvalue weighted by Crippen LogP contribution is -2.29. The van der Waals surface area contributed by atoms with E-state index >= 15 is 0 Å². The van der Waals surface area contributed by atoms with Gasteiger partial charge >= 0.3 is 6.72 Å². The molecular weight excluding hydrogens is 238 g/mol. The Kier molecular flexibility index (Phi) is 4.73. The van der Waals surface area contributed by atoms with Gasteiger partial charge in [-0.15, -0.1) is 0 Å². The Morgan fingerprint density at radius 2 is 2.20 bits per heavy atom. The summed E-state index contributed by atoms with van der Waals surface area (Å²) < 4.78 is 14.8. The van der Waals surface area contributed by atoms with Crippen LogP contribution < -0.4 is 0 Å². The third-order valence-corrected chi connectivity index (χ3v) is 4.10. The quantitative estimate of drug-likeness (QED) is 0.531. The smallest absolute Gasteiger partial charge is 0.324 e.